The van der Waals surface area contributed by atoms with E-state index in [1.807, 2.05) is 18.2 Å². The second kappa shape index (κ2) is 6.74. The molecule has 1 saturated heterocycles. The lowest BCUT2D eigenvalue weighted by Gasteiger charge is -2.30. The maximum absolute atomic E-state index is 11.2. The van der Waals surface area contributed by atoms with E-state index < -0.39 is 11.5 Å². The van der Waals surface area contributed by atoms with Crippen LogP contribution in [0.4, 0.5) is 0 Å². The Morgan fingerprint density at radius 2 is 2.04 bits per heavy atom. The molecule has 1 aromatic rings. The molecule has 0 saturated carbocycles. The van der Waals surface area contributed by atoms with E-state index in [0.29, 0.717) is 39.5 Å². The van der Waals surface area contributed by atoms with E-state index in [0.717, 1.165) is 17.1 Å². The predicted octanol–water partition coefficient (Wildman–Crippen LogP) is -0.104. The van der Waals surface area contributed by atoms with Crippen molar-refractivity contribution in [2.75, 3.05) is 39.5 Å². The van der Waals surface area contributed by atoms with Crippen LogP contribution in [-0.4, -0.2) is 61.0 Å². The summed E-state index contributed by atoms with van der Waals surface area (Å²) in [5.74, 6) is 0.967. The summed E-state index contributed by atoms with van der Waals surface area (Å²) >= 11 is 0. The van der Waals surface area contributed by atoms with Crippen LogP contribution >= 0.6 is 0 Å². The van der Waals surface area contributed by atoms with Crippen molar-refractivity contribution in [3.63, 3.8) is 0 Å². The molecule has 2 aliphatic rings. The number of primary amides is 1. The van der Waals surface area contributed by atoms with Crippen molar-refractivity contribution < 1.29 is 24.1 Å². The van der Waals surface area contributed by atoms with E-state index in [1.54, 1.807) is 0 Å². The van der Waals surface area contributed by atoms with Gasteiger partial charge in [0.2, 0.25) is 5.91 Å². The number of nitrogens with zero attached hydrogens (tertiary/aromatic N) is 1. The minimum atomic E-state index is -1.24. The van der Waals surface area contributed by atoms with Crippen LogP contribution < -0.4 is 15.2 Å². The largest absolute Gasteiger partial charge is 0.486 e. The first-order chi connectivity index (χ1) is 11.0. The molecule has 1 amide bonds. The highest BCUT2D eigenvalue weighted by Crippen LogP contribution is 2.31. The van der Waals surface area contributed by atoms with Gasteiger partial charge < -0.3 is 25.1 Å². The molecule has 23 heavy (non-hydrogen) atoms. The van der Waals surface area contributed by atoms with E-state index in [-0.39, 0.29) is 13.0 Å². The number of hydrogen-bond donors (Lipinski definition) is 2. The van der Waals surface area contributed by atoms with Crippen LogP contribution in [0.25, 0.3) is 0 Å². The van der Waals surface area contributed by atoms with Gasteiger partial charge in [0.25, 0.3) is 0 Å². The van der Waals surface area contributed by atoms with Gasteiger partial charge in [-0.1, -0.05) is 6.07 Å². The van der Waals surface area contributed by atoms with Gasteiger partial charge in [-0.3, -0.25) is 9.69 Å². The smallest absolute Gasteiger partial charge is 0.220 e. The molecular formula is C16H22N2O5. The number of rotatable bonds is 4. The molecule has 0 aliphatic carbocycles. The number of ether oxygens (including phenoxy) is 3. The highest BCUT2D eigenvalue weighted by atomic mass is 16.6. The van der Waals surface area contributed by atoms with Crippen molar-refractivity contribution in [1.29, 1.82) is 0 Å². The van der Waals surface area contributed by atoms with Crippen LogP contribution in [0.1, 0.15) is 12.0 Å². The fourth-order valence-electron chi connectivity index (χ4n) is 3.01. The van der Waals surface area contributed by atoms with Crippen molar-refractivity contribution in [3.05, 3.63) is 23.8 Å². The number of aliphatic hydroxyl groups is 1. The van der Waals surface area contributed by atoms with Crippen LogP contribution in [-0.2, 0) is 16.1 Å². The minimum Gasteiger partial charge on any atom is -0.486 e. The molecule has 0 bridgehead atoms. The second-order valence-electron chi connectivity index (χ2n) is 6.11. The van der Waals surface area contributed by atoms with E-state index >= 15 is 0 Å². The molecule has 1 atom stereocenters. The Balaban J connectivity index is 1.69. The van der Waals surface area contributed by atoms with Crippen molar-refractivity contribution in [3.8, 4) is 11.5 Å². The third kappa shape index (κ3) is 4.13. The number of nitrogens with two attached hydrogens (primary N) is 1. The SMILES string of the molecule is NC(=O)C[C@@]1(O)COCCN(Cc2ccc3c(c2)OCCO3)C1. The molecule has 0 unspecified atom stereocenters. The summed E-state index contributed by atoms with van der Waals surface area (Å²) < 4.78 is 16.5. The van der Waals surface area contributed by atoms with Crippen molar-refractivity contribution in [2.45, 2.75) is 18.6 Å². The molecule has 0 aromatic heterocycles. The van der Waals surface area contributed by atoms with Crippen molar-refractivity contribution >= 4 is 5.91 Å². The van der Waals surface area contributed by atoms with Crippen LogP contribution in [0, 0.1) is 0 Å². The molecule has 7 nitrogen and oxygen atoms in total. The number of hydrogen-bond acceptors (Lipinski definition) is 6. The molecule has 1 aromatic carbocycles. The van der Waals surface area contributed by atoms with Gasteiger partial charge in [-0.25, -0.2) is 0 Å². The van der Waals surface area contributed by atoms with Gasteiger partial charge >= 0.3 is 0 Å². The lowest BCUT2D eigenvalue weighted by molar-refractivity contribution is -0.125. The Kier molecular flexibility index (Phi) is 4.70. The first-order valence-corrected chi connectivity index (χ1v) is 7.73. The van der Waals surface area contributed by atoms with E-state index in [2.05, 4.69) is 4.90 Å². The van der Waals surface area contributed by atoms with Gasteiger partial charge in [-0.15, -0.1) is 0 Å². The summed E-state index contributed by atoms with van der Waals surface area (Å²) in [7, 11) is 0. The van der Waals surface area contributed by atoms with Gasteiger partial charge in [-0.2, -0.15) is 0 Å². The van der Waals surface area contributed by atoms with Crippen LogP contribution in [0.5, 0.6) is 11.5 Å². The summed E-state index contributed by atoms with van der Waals surface area (Å²) in [6.45, 7) is 3.38. The second-order valence-corrected chi connectivity index (χ2v) is 6.11. The zero-order valence-corrected chi connectivity index (χ0v) is 13.0. The number of carbonyl (C=O) groups excluding carboxylic acids is 1. The van der Waals surface area contributed by atoms with Crippen molar-refractivity contribution in [2.24, 2.45) is 5.73 Å². The molecule has 0 spiro atoms. The van der Waals surface area contributed by atoms with Crippen LogP contribution in [0.3, 0.4) is 0 Å². The lowest BCUT2D eigenvalue weighted by Crippen LogP contribution is -2.46. The molecule has 7 heteroatoms. The molecule has 126 valence electrons. The molecule has 3 rings (SSSR count). The third-order valence-corrected chi connectivity index (χ3v) is 3.96. The summed E-state index contributed by atoms with van der Waals surface area (Å²) in [5, 5.41) is 10.5. The number of amides is 1. The van der Waals surface area contributed by atoms with Gasteiger partial charge in [0.15, 0.2) is 11.5 Å². The predicted molar refractivity (Wildman–Crippen MR) is 82.3 cm³/mol. The van der Waals surface area contributed by atoms with Crippen LogP contribution in [0.15, 0.2) is 18.2 Å². The Bertz CT molecular complexity index is 580. The maximum Gasteiger partial charge on any atom is 0.220 e. The number of fused-ring (bicyclic) bond motifs is 1. The van der Waals surface area contributed by atoms with Crippen molar-refractivity contribution in [1.82, 2.24) is 4.90 Å². The highest BCUT2D eigenvalue weighted by Gasteiger charge is 2.34. The summed E-state index contributed by atoms with van der Waals surface area (Å²) in [6, 6.07) is 5.83. The van der Waals surface area contributed by atoms with E-state index in [1.165, 1.54) is 0 Å². The molecule has 2 aliphatic heterocycles. The quantitative estimate of drug-likeness (QED) is 0.804. The van der Waals surface area contributed by atoms with E-state index in [9.17, 15) is 9.90 Å². The Labute approximate surface area is 134 Å². The molecule has 3 N–H and O–H groups in total. The number of carbonyl (C=O) groups is 1. The third-order valence-electron chi connectivity index (χ3n) is 3.96. The average molecular weight is 322 g/mol. The normalized spacial score (nSPS) is 24.9. The van der Waals surface area contributed by atoms with E-state index in [4.69, 9.17) is 19.9 Å². The first kappa shape index (κ1) is 16.0. The fourth-order valence-corrected chi connectivity index (χ4v) is 3.01. The molecule has 1 fully saturated rings. The van der Waals surface area contributed by atoms with Gasteiger partial charge in [-0.05, 0) is 17.7 Å². The minimum absolute atomic E-state index is 0.107. The Morgan fingerprint density at radius 3 is 2.83 bits per heavy atom. The first-order valence-electron chi connectivity index (χ1n) is 7.73. The lowest BCUT2D eigenvalue weighted by atomic mass is 9.99. The van der Waals surface area contributed by atoms with Gasteiger partial charge in [0.05, 0.1) is 19.6 Å². The highest BCUT2D eigenvalue weighted by molar-refractivity contribution is 5.75. The monoisotopic (exact) mass is 322 g/mol. The number of benzene rings is 1. The zero-order valence-electron chi connectivity index (χ0n) is 13.0. The summed E-state index contributed by atoms with van der Waals surface area (Å²) in [6.07, 6.45) is -0.107. The average Bonchev–Trinajstić information content (AvgIpc) is 2.67. The van der Waals surface area contributed by atoms with Crippen LogP contribution in [0.2, 0.25) is 0 Å². The van der Waals surface area contributed by atoms with Gasteiger partial charge in [0.1, 0.15) is 18.8 Å². The topological polar surface area (TPSA) is 94.3 Å². The Hall–Kier alpha value is -1.83. The molecular weight excluding hydrogens is 300 g/mol. The summed E-state index contributed by atoms with van der Waals surface area (Å²) in [5.41, 5.74) is 5.04. The zero-order chi connectivity index (χ0) is 16.3. The standard InChI is InChI=1S/C16H22N2O5/c17-15(19)8-16(20)10-18(3-4-21-11-16)9-12-1-2-13-14(7-12)23-6-5-22-13/h1-2,7,20H,3-6,8-11H2,(H2,17,19)/t16-/m0/s1. The molecule has 2 heterocycles. The Morgan fingerprint density at radius 1 is 1.26 bits per heavy atom. The fraction of sp³-hybridized carbons (Fsp3) is 0.562. The summed E-state index contributed by atoms with van der Waals surface area (Å²) in [4.78, 5) is 13.2. The maximum atomic E-state index is 11.2. The molecule has 0 radical (unpaired) electrons. The van der Waals surface area contributed by atoms with Gasteiger partial charge in [0, 0.05) is 19.6 Å². The number of β-amino-alcohol motifs (C(OH)–C–C–N with tert-alkyl or cyclic N) is 1.